The zero-order valence-corrected chi connectivity index (χ0v) is 17.0. The van der Waals surface area contributed by atoms with Crippen molar-refractivity contribution in [2.24, 2.45) is 0 Å². The van der Waals surface area contributed by atoms with Gasteiger partial charge in [-0.15, -0.1) is 0 Å². The van der Waals surface area contributed by atoms with Gasteiger partial charge in [-0.3, -0.25) is 20.6 Å². The van der Waals surface area contributed by atoms with Gasteiger partial charge in [-0.2, -0.15) is 13.2 Å². The van der Waals surface area contributed by atoms with Gasteiger partial charge in [0.15, 0.2) is 0 Å². The van der Waals surface area contributed by atoms with Gasteiger partial charge in [-0.05, 0) is 48.5 Å². The highest BCUT2D eigenvalue weighted by molar-refractivity contribution is 5.92. The quantitative estimate of drug-likeness (QED) is 0.317. The molecule has 0 fully saturated rings. The standard InChI is InChI=1S/C21H17F4N5O3/c1-26-19(31)18-11-15(8-9-27-18)33-14-5-2-12(3-6-14)29-30-20(32)28-13-4-7-17(22)16(10-13)21(23,24)25/h2-11,29H,1H3,(H,26,31)(H2,28,30,32). The lowest BCUT2D eigenvalue weighted by atomic mass is 10.2. The fourth-order valence-corrected chi connectivity index (χ4v) is 2.58. The van der Waals surface area contributed by atoms with Crippen LogP contribution < -0.4 is 26.2 Å². The smallest absolute Gasteiger partial charge is 0.419 e. The maximum Gasteiger partial charge on any atom is 0.419 e. The van der Waals surface area contributed by atoms with Crippen molar-refractivity contribution in [3.05, 3.63) is 77.9 Å². The molecule has 4 N–H and O–H groups in total. The topological polar surface area (TPSA) is 104 Å². The van der Waals surface area contributed by atoms with Gasteiger partial charge in [0.05, 0.1) is 11.3 Å². The summed E-state index contributed by atoms with van der Waals surface area (Å²) in [5, 5.41) is 4.63. The van der Waals surface area contributed by atoms with E-state index in [0.29, 0.717) is 29.3 Å². The minimum absolute atomic E-state index is 0.187. The zero-order valence-electron chi connectivity index (χ0n) is 17.0. The summed E-state index contributed by atoms with van der Waals surface area (Å²) in [5.41, 5.74) is 3.72. The molecule has 0 bridgehead atoms. The van der Waals surface area contributed by atoms with E-state index in [0.717, 1.165) is 6.07 Å². The van der Waals surface area contributed by atoms with Gasteiger partial charge in [0.1, 0.15) is 23.0 Å². The van der Waals surface area contributed by atoms with E-state index >= 15 is 0 Å². The average molecular weight is 463 g/mol. The van der Waals surface area contributed by atoms with Crippen LogP contribution in [0, 0.1) is 5.82 Å². The molecule has 0 radical (unpaired) electrons. The number of rotatable bonds is 6. The number of nitrogens with one attached hydrogen (secondary N) is 4. The molecule has 172 valence electrons. The van der Waals surface area contributed by atoms with Crippen LogP contribution in [0.3, 0.4) is 0 Å². The summed E-state index contributed by atoms with van der Waals surface area (Å²) in [6.07, 6.45) is -3.46. The number of pyridine rings is 1. The number of alkyl halides is 3. The number of hydrogen-bond donors (Lipinski definition) is 4. The second-order valence-corrected chi connectivity index (χ2v) is 6.48. The average Bonchev–Trinajstić information content (AvgIpc) is 2.79. The van der Waals surface area contributed by atoms with Crippen molar-refractivity contribution >= 4 is 23.3 Å². The van der Waals surface area contributed by atoms with Gasteiger partial charge in [0.2, 0.25) is 0 Å². The highest BCUT2D eigenvalue weighted by Gasteiger charge is 2.34. The molecule has 0 aliphatic carbocycles. The summed E-state index contributed by atoms with van der Waals surface area (Å²) in [7, 11) is 1.48. The second kappa shape index (κ2) is 9.85. The van der Waals surface area contributed by atoms with E-state index in [9.17, 15) is 27.2 Å². The molecule has 3 aromatic rings. The molecule has 1 aromatic heterocycles. The fourth-order valence-electron chi connectivity index (χ4n) is 2.58. The Labute approximate surface area is 184 Å². The summed E-state index contributed by atoms with van der Waals surface area (Å²) < 4.78 is 57.3. The highest BCUT2D eigenvalue weighted by atomic mass is 19.4. The molecule has 33 heavy (non-hydrogen) atoms. The monoisotopic (exact) mass is 463 g/mol. The van der Waals surface area contributed by atoms with Crippen molar-refractivity contribution in [3.63, 3.8) is 0 Å². The first-order valence-corrected chi connectivity index (χ1v) is 9.31. The first-order chi connectivity index (χ1) is 15.7. The molecule has 0 saturated heterocycles. The van der Waals surface area contributed by atoms with Crippen LogP contribution >= 0.6 is 0 Å². The fraction of sp³-hybridized carbons (Fsp3) is 0.0952. The Morgan fingerprint density at radius 2 is 1.64 bits per heavy atom. The predicted molar refractivity (Wildman–Crippen MR) is 111 cm³/mol. The number of anilines is 2. The van der Waals surface area contributed by atoms with E-state index in [2.05, 4.69) is 26.5 Å². The third-order valence-electron chi connectivity index (χ3n) is 4.13. The first kappa shape index (κ1) is 23.3. The minimum atomic E-state index is -4.89. The van der Waals surface area contributed by atoms with Crippen molar-refractivity contribution in [1.29, 1.82) is 0 Å². The van der Waals surface area contributed by atoms with Crippen LogP contribution in [0.25, 0.3) is 0 Å². The van der Waals surface area contributed by atoms with Crippen LogP contribution in [-0.4, -0.2) is 24.0 Å². The lowest BCUT2D eigenvalue weighted by Gasteiger charge is -2.13. The zero-order chi connectivity index (χ0) is 24.0. The van der Waals surface area contributed by atoms with Gasteiger partial charge in [-0.25, -0.2) is 9.18 Å². The van der Waals surface area contributed by atoms with E-state index in [1.807, 2.05) is 0 Å². The maximum absolute atomic E-state index is 13.3. The Morgan fingerprint density at radius 1 is 0.939 bits per heavy atom. The second-order valence-electron chi connectivity index (χ2n) is 6.48. The third kappa shape index (κ3) is 6.32. The van der Waals surface area contributed by atoms with E-state index in [1.54, 1.807) is 30.3 Å². The molecule has 3 amide bonds. The number of urea groups is 1. The van der Waals surface area contributed by atoms with E-state index in [1.165, 1.54) is 19.3 Å². The Morgan fingerprint density at radius 3 is 2.30 bits per heavy atom. The summed E-state index contributed by atoms with van der Waals surface area (Å²) >= 11 is 0. The summed E-state index contributed by atoms with van der Waals surface area (Å²) in [4.78, 5) is 27.5. The molecule has 0 saturated carbocycles. The van der Waals surface area contributed by atoms with E-state index in [-0.39, 0.29) is 17.3 Å². The Hall–Kier alpha value is -4.35. The van der Waals surface area contributed by atoms with Crippen molar-refractivity contribution < 1.29 is 31.9 Å². The van der Waals surface area contributed by atoms with Crippen LogP contribution in [0.4, 0.5) is 33.7 Å². The molecular weight excluding hydrogens is 446 g/mol. The third-order valence-corrected chi connectivity index (χ3v) is 4.13. The Bertz CT molecular complexity index is 1150. The number of benzene rings is 2. The van der Waals surface area contributed by atoms with Crippen molar-refractivity contribution in [1.82, 2.24) is 15.7 Å². The van der Waals surface area contributed by atoms with Crippen LogP contribution in [0.2, 0.25) is 0 Å². The number of carbonyl (C=O) groups excluding carboxylic acids is 2. The van der Waals surface area contributed by atoms with Crippen molar-refractivity contribution in [3.8, 4) is 11.5 Å². The highest BCUT2D eigenvalue weighted by Crippen LogP contribution is 2.33. The van der Waals surface area contributed by atoms with Crippen LogP contribution in [0.1, 0.15) is 16.1 Å². The van der Waals surface area contributed by atoms with Gasteiger partial charge in [-0.1, -0.05) is 0 Å². The number of carbonyl (C=O) groups is 2. The van der Waals surface area contributed by atoms with Crippen LogP contribution in [-0.2, 0) is 6.18 Å². The molecule has 0 atom stereocenters. The molecule has 0 aliphatic heterocycles. The van der Waals surface area contributed by atoms with Gasteiger partial charge in [0.25, 0.3) is 5.91 Å². The number of aromatic nitrogens is 1. The molecule has 3 rings (SSSR count). The van der Waals surface area contributed by atoms with Crippen molar-refractivity contribution in [2.75, 3.05) is 17.8 Å². The molecule has 0 spiro atoms. The minimum Gasteiger partial charge on any atom is -0.457 e. The Kier molecular flexibility index (Phi) is 6.96. The van der Waals surface area contributed by atoms with Gasteiger partial charge in [0, 0.05) is 25.0 Å². The normalized spacial score (nSPS) is 10.8. The molecule has 12 heteroatoms. The van der Waals surface area contributed by atoms with E-state index < -0.39 is 23.6 Å². The summed E-state index contributed by atoms with van der Waals surface area (Å²) in [6, 6.07) is 10.6. The number of amides is 3. The molecule has 8 nitrogen and oxygen atoms in total. The van der Waals surface area contributed by atoms with Crippen LogP contribution in [0.5, 0.6) is 11.5 Å². The summed E-state index contributed by atoms with van der Waals surface area (Å²) in [6.45, 7) is 0. The van der Waals surface area contributed by atoms with Crippen molar-refractivity contribution in [2.45, 2.75) is 6.18 Å². The molecule has 0 aliphatic rings. The predicted octanol–water partition coefficient (Wildman–Crippen LogP) is 4.54. The Balaban J connectivity index is 1.55. The molecular formula is C21H17F4N5O3. The van der Waals surface area contributed by atoms with Gasteiger partial charge < -0.3 is 15.4 Å². The number of hydrazine groups is 1. The number of ether oxygens (including phenoxy) is 1. The first-order valence-electron chi connectivity index (χ1n) is 9.31. The largest absolute Gasteiger partial charge is 0.457 e. The molecule has 2 aromatic carbocycles. The maximum atomic E-state index is 13.3. The number of hydrogen-bond acceptors (Lipinski definition) is 5. The molecule has 0 unspecified atom stereocenters. The SMILES string of the molecule is CNC(=O)c1cc(Oc2ccc(NNC(=O)Nc3ccc(F)c(C(F)(F)F)c3)cc2)ccn1. The lowest BCUT2D eigenvalue weighted by Crippen LogP contribution is -2.33. The van der Waals surface area contributed by atoms with Gasteiger partial charge >= 0.3 is 12.2 Å². The number of halogens is 4. The van der Waals surface area contributed by atoms with E-state index in [4.69, 9.17) is 4.74 Å². The number of nitrogens with zero attached hydrogens (tertiary/aromatic N) is 1. The molecule has 1 heterocycles. The summed E-state index contributed by atoms with van der Waals surface area (Å²) in [5.74, 6) is -0.977. The lowest BCUT2D eigenvalue weighted by molar-refractivity contribution is -0.139. The van der Waals surface area contributed by atoms with Crippen LogP contribution in [0.15, 0.2) is 60.8 Å².